The lowest BCUT2D eigenvalue weighted by Gasteiger charge is -2.04. The summed E-state index contributed by atoms with van der Waals surface area (Å²) in [6.45, 7) is 0.242. The third-order valence-electron chi connectivity index (χ3n) is 2.67. The number of carbonyl (C=O) groups is 1. The van der Waals surface area contributed by atoms with Crippen LogP contribution in [0.1, 0.15) is 11.3 Å². The fraction of sp³-hybridized carbons (Fsp3) is 0.250. The largest absolute Gasteiger partial charge is 0.480 e. The minimum atomic E-state index is -1.10. The summed E-state index contributed by atoms with van der Waals surface area (Å²) in [5.41, 5.74) is 6.42. The lowest BCUT2D eigenvalue weighted by molar-refractivity contribution is -0.138. The average Bonchev–Trinajstić information content (AvgIpc) is 2.81. The van der Waals surface area contributed by atoms with Crippen LogP contribution < -0.4 is 5.73 Å². The highest BCUT2D eigenvalue weighted by atomic mass is 35.5. The molecule has 0 aliphatic rings. The van der Waals surface area contributed by atoms with E-state index < -0.39 is 17.8 Å². The summed E-state index contributed by atoms with van der Waals surface area (Å²) in [5.74, 6) is -1.50. The molecule has 0 bridgehead atoms. The number of carboxylic acids is 1. The second-order valence-corrected chi connectivity index (χ2v) is 4.70. The zero-order chi connectivity index (χ0) is 14.7. The van der Waals surface area contributed by atoms with Crippen molar-refractivity contribution in [2.24, 2.45) is 5.73 Å². The quantitative estimate of drug-likeness (QED) is 0.861. The van der Waals surface area contributed by atoms with Gasteiger partial charge in [0, 0.05) is 17.6 Å². The number of hydrogen-bond acceptors (Lipinski definition) is 4. The number of halogens is 2. The molecule has 1 unspecified atom stereocenters. The first-order valence-corrected chi connectivity index (χ1v) is 6.15. The lowest BCUT2D eigenvalue weighted by atomic mass is 10.2. The van der Waals surface area contributed by atoms with E-state index in [0.29, 0.717) is 16.3 Å². The Hall–Kier alpha value is -1.99. The molecule has 0 aliphatic heterocycles. The Kier molecular flexibility index (Phi) is 4.31. The van der Waals surface area contributed by atoms with E-state index in [-0.39, 0.29) is 13.0 Å². The van der Waals surface area contributed by atoms with E-state index in [1.807, 2.05) is 0 Å². The number of hydrogen-bond donors (Lipinski definition) is 2. The number of carboxylic acid groups (broad SMARTS) is 1. The predicted octanol–water partition coefficient (Wildman–Crippen LogP) is 1.07. The first-order chi connectivity index (χ1) is 9.45. The van der Waals surface area contributed by atoms with Crippen molar-refractivity contribution >= 4 is 17.6 Å². The molecule has 2 rings (SSSR count). The van der Waals surface area contributed by atoms with E-state index in [4.69, 9.17) is 22.4 Å². The van der Waals surface area contributed by atoms with Gasteiger partial charge in [0.1, 0.15) is 11.9 Å². The van der Waals surface area contributed by atoms with Crippen LogP contribution in [-0.4, -0.2) is 32.1 Å². The molecule has 106 valence electrons. The van der Waals surface area contributed by atoms with Crippen LogP contribution in [0.3, 0.4) is 0 Å². The summed E-state index contributed by atoms with van der Waals surface area (Å²) in [6, 6.07) is 3.01. The van der Waals surface area contributed by atoms with E-state index >= 15 is 0 Å². The van der Waals surface area contributed by atoms with Gasteiger partial charge in [-0.15, -0.1) is 5.10 Å². The summed E-state index contributed by atoms with van der Waals surface area (Å²) in [7, 11) is 0. The Bertz CT molecular complexity index is 632. The van der Waals surface area contributed by atoms with Crippen LogP contribution in [0.5, 0.6) is 0 Å². The van der Waals surface area contributed by atoms with Crippen LogP contribution in [-0.2, 0) is 17.8 Å². The third-order valence-corrected chi connectivity index (χ3v) is 3.04. The number of benzene rings is 1. The molecule has 1 heterocycles. The molecule has 0 saturated heterocycles. The van der Waals surface area contributed by atoms with Crippen molar-refractivity contribution in [2.75, 3.05) is 0 Å². The standard InChI is InChI=1S/C12H12ClFN4O2/c13-10-2-1-8(14)3-7(10)5-18-6-9(16-17-18)4-11(15)12(19)20/h1-3,6,11H,4-5,15H2,(H,19,20). The fourth-order valence-electron chi connectivity index (χ4n) is 1.66. The molecule has 8 heteroatoms. The van der Waals surface area contributed by atoms with Crippen LogP contribution >= 0.6 is 11.6 Å². The Morgan fingerprint density at radius 1 is 1.55 bits per heavy atom. The van der Waals surface area contributed by atoms with Crippen LogP contribution in [0.2, 0.25) is 5.02 Å². The summed E-state index contributed by atoms with van der Waals surface area (Å²) in [5, 5.41) is 16.8. The van der Waals surface area contributed by atoms with Crippen molar-refractivity contribution in [3.63, 3.8) is 0 Å². The van der Waals surface area contributed by atoms with Crippen molar-refractivity contribution in [3.8, 4) is 0 Å². The fourth-order valence-corrected chi connectivity index (χ4v) is 1.84. The summed E-state index contributed by atoms with van der Waals surface area (Å²) in [4.78, 5) is 10.6. The van der Waals surface area contributed by atoms with Gasteiger partial charge in [0.15, 0.2) is 0 Å². The van der Waals surface area contributed by atoms with Crippen molar-refractivity contribution < 1.29 is 14.3 Å². The highest BCUT2D eigenvalue weighted by Gasteiger charge is 2.14. The van der Waals surface area contributed by atoms with Gasteiger partial charge in [-0.25, -0.2) is 9.07 Å². The van der Waals surface area contributed by atoms with E-state index in [2.05, 4.69) is 10.3 Å². The molecule has 20 heavy (non-hydrogen) atoms. The van der Waals surface area contributed by atoms with Gasteiger partial charge in [0.25, 0.3) is 0 Å². The lowest BCUT2D eigenvalue weighted by Crippen LogP contribution is -2.32. The van der Waals surface area contributed by atoms with E-state index in [1.54, 1.807) is 6.20 Å². The smallest absolute Gasteiger partial charge is 0.320 e. The Labute approximate surface area is 119 Å². The van der Waals surface area contributed by atoms with Crippen LogP contribution in [0.25, 0.3) is 0 Å². The number of nitrogens with zero attached hydrogens (tertiary/aromatic N) is 3. The average molecular weight is 299 g/mol. The first-order valence-electron chi connectivity index (χ1n) is 5.77. The molecule has 3 N–H and O–H groups in total. The molecule has 0 fully saturated rings. The Balaban J connectivity index is 2.09. The number of aliphatic carboxylic acids is 1. The SMILES string of the molecule is NC(Cc1cn(Cc2cc(F)ccc2Cl)nn1)C(=O)O. The molecule has 1 atom stereocenters. The third kappa shape index (κ3) is 3.52. The molecule has 0 aliphatic carbocycles. The Morgan fingerprint density at radius 3 is 3.00 bits per heavy atom. The first kappa shape index (κ1) is 14.4. The van der Waals surface area contributed by atoms with Crippen molar-refractivity contribution in [1.82, 2.24) is 15.0 Å². The maximum atomic E-state index is 13.1. The number of nitrogens with two attached hydrogens (primary N) is 1. The second-order valence-electron chi connectivity index (χ2n) is 4.29. The van der Waals surface area contributed by atoms with Gasteiger partial charge in [0.2, 0.25) is 0 Å². The second kappa shape index (κ2) is 5.98. The van der Waals surface area contributed by atoms with E-state index in [9.17, 15) is 9.18 Å². The van der Waals surface area contributed by atoms with Gasteiger partial charge < -0.3 is 10.8 Å². The molecule has 0 amide bonds. The van der Waals surface area contributed by atoms with Gasteiger partial charge in [-0.1, -0.05) is 16.8 Å². The van der Waals surface area contributed by atoms with Crippen LogP contribution in [0, 0.1) is 5.82 Å². The van der Waals surface area contributed by atoms with Gasteiger partial charge in [-0.05, 0) is 23.8 Å². The summed E-state index contributed by atoms with van der Waals surface area (Å²) >= 11 is 5.95. The number of rotatable bonds is 5. The molecular formula is C12H12ClFN4O2. The highest BCUT2D eigenvalue weighted by Crippen LogP contribution is 2.18. The normalized spacial score (nSPS) is 12.3. The molecular weight excluding hydrogens is 287 g/mol. The van der Waals surface area contributed by atoms with Crippen LogP contribution in [0.15, 0.2) is 24.4 Å². The topological polar surface area (TPSA) is 94.0 Å². The predicted molar refractivity (Wildman–Crippen MR) is 69.8 cm³/mol. The van der Waals surface area contributed by atoms with Gasteiger partial charge >= 0.3 is 5.97 Å². The highest BCUT2D eigenvalue weighted by molar-refractivity contribution is 6.31. The van der Waals surface area contributed by atoms with Gasteiger partial charge in [0.05, 0.1) is 12.2 Å². The van der Waals surface area contributed by atoms with Gasteiger partial charge in [-0.2, -0.15) is 0 Å². The zero-order valence-corrected chi connectivity index (χ0v) is 11.1. The van der Waals surface area contributed by atoms with E-state index in [0.717, 1.165) is 0 Å². The van der Waals surface area contributed by atoms with Crippen molar-refractivity contribution in [3.05, 3.63) is 46.5 Å². The Morgan fingerprint density at radius 2 is 2.30 bits per heavy atom. The molecule has 2 aromatic rings. The zero-order valence-electron chi connectivity index (χ0n) is 10.3. The summed E-state index contributed by atoms with van der Waals surface area (Å²) < 4.78 is 14.6. The molecule has 0 saturated carbocycles. The van der Waals surface area contributed by atoms with Crippen LogP contribution in [0.4, 0.5) is 4.39 Å². The van der Waals surface area contributed by atoms with Crippen molar-refractivity contribution in [2.45, 2.75) is 19.0 Å². The molecule has 1 aromatic carbocycles. The number of aromatic nitrogens is 3. The molecule has 1 aromatic heterocycles. The minimum Gasteiger partial charge on any atom is -0.480 e. The summed E-state index contributed by atoms with van der Waals surface area (Å²) in [6.07, 6.45) is 1.64. The minimum absolute atomic E-state index is 0.0756. The molecule has 0 spiro atoms. The monoisotopic (exact) mass is 298 g/mol. The molecule has 6 nitrogen and oxygen atoms in total. The van der Waals surface area contributed by atoms with Gasteiger partial charge in [-0.3, -0.25) is 4.79 Å². The molecule has 0 radical (unpaired) electrons. The maximum absolute atomic E-state index is 13.1. The van der Waals surface area contributed by atoms with Crippen molar-refractivity contribution in [1.29, 1.82) is 0 Å². The maximum Gasteiger partial charge on any atom is 0.320 e. The van der Waals surface area contributed by atoms with E-state index in [1.165, 1.54) is 22.9 Å².